The zero-order valence-corrected chi connectivity index (χ0v) is 29.5. The van der Waals surface area contributed by atoms with Gasteiger partial charge in [-0.05, 0) is 96.4 Å². The molecule has 0 saturated heterocycles. The minimum absolute atomic E-state index is 0.104. The van der Waals surface area contributed by atoms with Crippen molar-refractivity contribution in [2.24, 2.45) is 0 Å². The number of benzene rings is 8. The molecule has 1 heteroatoms. The van der Waals surface area contributed by atoms with E-state index in [1.54, 1.807) is 0 Å². The van der Waals surface area contributed by atoms with E-state index in [0.29, 0.717) is 0 Å². The molecule has 0 radical (unpaired) electrons. The normalized spacial score (nSPS) is 14.6. The van der Waals surface area contributed by atoms with E-state index in [-0.39, 0.29) is 10.8 Å². The van der Waals surface area contributed by atoms with E-state index in [1.807, 2.05) is 0 Å². The van der Waals surface area contributed by atoms with Gasteiger partial charge in [0.1, 0.15) is 0 Å². The average molecular weight is 654 g/mol. The molecular formula is C50H39N. The highest BCUT2D eigenvalue weighted by Crippen LogP contribution is 2.59. The highest BCUT2D eigenvalue weighted by atomic mass is 15.1. The summed E-state index contributed by atoms with van der Waals surface area (Å²) in [6.45, 7) is 9.54. The Morgan fingerprint density at radius 2 is 0.980 bits per heavy atom. The predicted molar refractivity (Wildman–Crippen MR) is 217 cm³/mol. The Hall–Kier alpha value is -5.92. The van der Waals surface area contributed by atoms with Crippen LogP contribution in [0.4, 0.5) is 17.1 Å². The molecular weight excluding hydrogens is 615 g/mol. The summed E-state index contributed by atoms with van der Waals surface area (Å²) in [6.07, 6.45) is 0. The van der Waals surface area contributed by atoms with Gasteiger partial charge in [0, 0.05) is 27.6 Å². The fourth-order valence-electron chi connectivity index (χ4n) is 9.31. The van der Waals surface area contributed by atoms with Gasteiger partial charge in [-0.3, -0.25) is 0 Å². The van der Waals surface area contributed by atoms with E-state index in [4.69, 9.17) is 0 Å². The Bertz CT molecular complexity index is 2690. The second kappa shape index (κ2) is 10.8. The second-order valence-corrected chi connectivity index (χ2v) is 15.4. The summed E-state index contributed by atoms with van der Waals surface area (Å²) in [5, 5.41) is 5.11. The molecule has 244 valence electrons. The van der Waals surface area contributed by atoms with Crippen LogP contribution in [-0.4, -0.2) is 0 Å². The number of nitrogens with zero attached hydrogens (tertiary/aromatic N) is 1. The molecule has 2 aliphatic rings. The molecule has 0 spiro atoms. The molecule has 0 aromatic heterocycles. The molecule has 0 unspecified atom stereocenters. The molecule has 0 amide bonds. The molecule has 0 heterocycles. The SMILES string of the molecule is CC1(C)c2ccccc2-c2c(N(c3ccc(-c4ccc5ccccc5c4)cc3)c3cc4ccccc4c4c3-c3ccccc3C4(C)C)cccc21. The molecule has 51 heavy (non-hydrogen) atoms. The predicted octanol–water partition coefficient (Wildman–Crippen LogP) is 13.7. The summed E-state index contributed by atoms with van der Waals surface area (Å²) in [5.41, 5.74) is 16.6. The minimum Gasteiger partial charge on any atom is -0.309 e. The number of fused-ring (bicyclic) bond motifs is 9. The fraction of sp³-hybridized carbons (Fsp3) is 0.120. The summed E-state index contributed by atoms with van der Waals surface area (Å²) < 4.78 is 0. The smallest absolute Gasteiger partial charge is 0.0549 e. The van der Waals surface area contributed by atoms with Crippen LogP contribution in [0.5, 0.6) is 0 Å². The summed E-state index contributed by atoms with van der Waals surface area (Å²) in [7, 11) is 0. The summed E-state index contributed by atoms with van der Waals surface area (Å²) in [4.78, 5) is 2.56. The molecule has 0 saturated carbocycles. The third-order valence-electron chi connectivity index (χ3n) is 11.8. The lowest BCUT2D eigenvalue weighted by atomic mass is 9.80. The first-order chi connectivity index (χ1) is 24.8. The van der Waals surface area contributed by atoms with E-state index >= 15 is 0 Å². The van der Waals surface area contributed by atoms with Crippen LogP contribution >= 0.6 is 0 Å². The first-order valence-electron chi connectivity index (χ1n) is 18.1. The minimum atomic E-state index is -0.152. The number of hydrogen-bond acceptors (Lipinski definition) is 1. The standard InChI is InChI=1S/C50H39N/c1-49(2)41-20-11-9-18-39(41)46-43(49)22-13-23-44(46)51(37-28-26-33(27-29-37)35-25-24-32-14-5-6-15-34(32)30-35)45-31-36-16-7-8-17-38(36)48-47(45)40-19-10-12-21-42(40)50(48,3)4/h5-31H,1-4H3. The van der Waals surface area contributed by atoms with Crippen LogP contribution < -0.4 is 4.90 Å². The third-order valence-corrected chi connectivity index (χ3v) is 11.8. The fourth-order valence-corrected chi connectivity index (χ4v) is 9.31. The maximum absolute atomic E-state index is 2.56. The van der Waals surface area contributed by atoms with Crippen LogP contribution in [0, 0.1) is 0 Å². The lowest BCUT2D eigenvalue weighted by molar-refractivity contribution is 0.660. The summed E-state index contributed by atoms with van der Waals surface area (Å²) in [5.74, 6) is 0. The van der Waals surface area contributed by atoms with Gasteiger partial charge in [-0.25, -0.2) is 0 Å². The van der Waals surface area contributed by atoms with Gasteiger partial charge in [0.15, 0.2) is 0 Å². The van der Waals surface area contributed by atoms with Gasteiger partial charge < -0.3 is 4.90 Å². The molecule has 0 bridgehead atoms. The van der Waals surface area contributed by atoms with Gasteiger partial charge >= 0.3 is 0 Å². The maximum atomic E-state index is 2.56. The number of anilines is 3. The maximum Gasteiger partial charge on any atom is 0.0549 e. The van der Waals surface area contributed by atoms with Crippen molar-refractivity contribution in [1.82, 2.24) is 0 Å². The molecule has 0 atom stereocenters. The first kappa shape index (κ1) is 29.9. The molecule has 0 N–H and O–H groups in total. The van der Waals surface area contributed by atoms with Gasteiger partial charge in [0.05, 0.1) is 11.4 Å². The van der Waals surface area contributed by atoms with Crippen molar-refractivity contribution in [3.8, 4) is 33.4 Å². The lowest BCUT2D eigenvalue weighted by Gasteiger charge is -2.32. The Morgan fingerprint density at radius 3 is 1.75 bits per heavy atom. The van der Waals surface area contributed by atoms with Crippen LogP contribution in [0.1, 0.15) is 49.9 Å². The van der Waals surface area contributed by atoms with Crippen LogP contribution in [0.15, 0.2) is 164 Å². The van der Waals surface area contributed by atoms with Crippen molar-refractivity contribution < 1.29 is 0 Å². The highest BCUT2D eigenvalue weighted by Gasteiger charge is 2.41. The van der Waals surface area contributed by atoms with E-state index in [0.717, 1.165) is 5.69 Å². The third kappa shape index (κ3) is 4.28. The second-order valence-electron chi connectivity index (χ2n) is 15.4. The van der Waals surface area contributed by atoms with Crippen LogP contribution in [0.3, 0.4) is 0 Å². The van der Waals surface area contributed by atoms with E-state index < -0.39 is 0 Å². The Labute approximate surface area is 300 Å². The van der Waals surface area contributed by atoms with Gasteiger partial charge in [-0.1, -0.05) is 161 Å². The molecule has 8 aromatic carbocycles. The van der Waals surface area contributed by atoms with Crippen LogP contribution in [0.25, 0.3) is 54.9 Å². The van der Waals surface area contributed by atoms with Crippen molar-refractivity contribution in [2.45, 2.75) is 38.5 Å². The zero-order chi connectivity index (χ0) is 34.5. The number of hydrogen-bond donors (Lipinski definition) is 0. The van der Waals surface area contributed by atoms with Crippen LogP contribution in [0.2, 0.25) is 0 Å². The van der Waals surface area contributed by atoms with E-state index in [1.165, 1.54) is 88.6 Å². The van der Waals surface area contributed by atoms with Gasteiger partial charge in [0.25, 0.3) is 0 Å². The average Bonchev–Trinajstić information content (AvgIpc) is 3.56. The lowest BCUT2D eigenvalue weighted by Crippen LogP contribution is -2.17. The topological polar surface area (TPSA) is 3.24 Å². The van der Waals surface area contributed by atoms with Gasteiger partial charge in [-0.15, -0.1) is 0 Å². The molecule has 0 aliphatic heterocycles. The van der Waals surface area contributed by atoms with E-state index in [2.05, 4.69) is 196 Å². The Balaban J connectivity index is 1.27. The molecule has 10 rings (SSSR count). The largest absolute Gasteiger partial charge is 0.309 e. The van der Waals surface area contributed by atoms with Gasteiger partial charge in [0.2, 0.25) is 0 Å². The van der Waals surface area contributed by atoms with Crippen molar-refractivity contribution in [2.75, 3.05) is 4.90 Å². The highest BCUT2D eigenvalue weighted by molar-refractivity contribution is 6.07. The summed E-state index contributed by atoms with van der Waals surface area (Å²) >= 11 is 0. The van der Waals surface area contributed by atoms with Crippen LogP contribution in [-0.2, 0) is 10.8 Å². The molecule has 1 nitrogen and oxygen atoms in total. The van der Waals surface area contributed by atoms with Gasteiger partial charge in [-0.2, -0.15) is 0 Å². The van der Waals surface area contributed by atoms with Crippen molar-refractivity contribution in [3.05, 3.63) is 186 Å². The van der Waals surface area contributed by atoms with Crippen molar-refractivity contribution in [3.63, 3.8) is 0 Å². The summed E-state index contributed by atoms with van der Waals surface area (Å²) in [6, 6.07) is 61.0. The Kier molecular flexibility index (Phi) is 6.34. The first-order valence-corrected chi connectivity index (χ1v) is 18.1. The Morgan fingerprint density at radius 1 is 0.392 bits per heavy atom. The zero-order valence-electron chi connectivity index (χ0n) is 29.5. The van der Waals surface area contributed by atoms with Crippen molar-refractivity contribution >= 4 is 38.6 Å². The van der Waals surface area contributed by atoms with E-state index in [9.17, 15) is 0 Å². The quantitative estimate of drug-likeness (QED) is 0.183. The number of rotatable bonds is 4. The molecule has 2 aliphatic carbocycles. The monoisotopic (exact) mass is 653 g/mol. The molecule has 8 aromatic rings. The molecule has 0 fully saturated rings. The van der Waals surface area contributed by atoms with Crippen molar-refractivity contribution in [1.29, 1.82) is 0 Å².